The fraction of sp³-hybridized carbons (Fsp3) is 0.674. The zero-order valence-corrected chi connectivity index (χ0v) is 39.8. The predicted octanol–water partition coefficient (Wildman–Crippen LogP) is 11.5. The molecular weight excluding hydrogens is 840 g/mol. The van der Waals surface area contributed by atoms with Crippen molar-refractivity contribution in [3.8, 4) is 0 Å². The summed E-state index contributed by atoms with van der Waals surface area (Å²) in [6.07, 6.45) is 19.6. The SMILES string of the molecule is CCCCCCCCCCCCCCCCCC(=O)OCC(COP(=O)(O)OCC[N+](C)(C)C)OC(=O)CCCCCNC(=O)Cc1cccc(Nc2c(Cl)cccc2Cl)c1. The molecular formula is C46H75Cl2N3O9P+. The number of nitrogens with zero attached hydrogens (tertiary/aromatic N) is 1. The maximum absolute atomic E-state index is 12.8. The molecule has 2 aromatic carbocycles. The summed E-state index contributed by atoms with van der Waals surface area (Å²) in [6.45, 7) is 2.37. The molecule has 15 heteroatoms. The Hall–Kier alpha value is -2.70. The van der Waals surface area contributed by atoms with Crippen molar-refractivity contribution in [2.75, 3.05) is 59.4 Å². The molecule has 1 amide bonds. The molecule has 0 fully saturated rings. The van der Waals surface area contributed by atoms with Gasteiger partial charge in [-0.1, -0.05) is 145 Å². The molecule has 2 unspecified atom stereocenters. The second kappa shape index (κ2) is 32.0. The number of hydrogen-bond acceptors (Lipinski definition) is 9. The van der Waals surface area contributed by atoms with Crippen LogP contribution in [0.3, 0.4) is 0 Å². The highest BCUT2D eigenvalue weighted by Crippen LogP contribution is 2.43. The Morgan fingerprint density at radius 2 is 1.26 bits per heavy atom. The van der Waals surface area contributed by atoms with E-state index in [9.17, 15) is 23.8 Å². The van der Waals surface area contributed by atoms with E-state index in [0.717, 1.165) is 30.5 Å². The summed E-state index contributed by atoms with van der Waals surface area (Å²) in [5.41, 5.74) is 2.16. The van der Waals surface area contributed by atoms with Gasteiger partial charge in [-0.2, -0.15) is 0 Å². The summed E-state index contributed by atoms with van der Waals surface area (Å²) in [5.74, 6) is -1.11. The Morgan fingerprint density at radius 1 is 0.721 bits per heavy atom. The molecule has 0 saturated heterocycles. The van der Waals surface area contributed by atoms with Crippen molar-refractivity contribution in [3.05, 3.63) is 58.1 Å². The summed E-state index contributed by atoms with van der Waals surface area (Å²) in [6, 6.07) is 12.7. The topological polar surface area (TPSA) is 149 Å². The number of halogens is 2. The number of esters is 2. The lowest BCUT2D eigenvalue weighted by Crippen LogP contribution is -2.37. The first kappa shape index (κ1) is 54.4. The number of ether oxygens (including phenoxy) is 2. The minimum absolute atomic E-state index is 0.0126. The number of phosphoric ester groups is 1. The van der Waals surface area contributed by atoms with Crippen LogP contribution >= 0.6 is 31.0 Å². The number of rotatable bonds is 36. The van der Waals surface area contributed by atoms with Crippen molar-refractivity contribution < 1.29 is 46.8 Å². The van der Waals surface area contributed by atoms with Gasteiger partial charge in [0.15, 0.2) is 6.10 Å². The third kappa shape index (κ3) is 28.6. The van der Waals surface area contributed by atoms with Crippen LogP contribution in [0.2, 0.25) is 10.0 Å². The third-order valence-corrected chi connectivity index (χ3v) is 11.7. The van der Waals surface area contributed by atoms with Gasteiger partial charge in [-0.15, -0.1) is 0 Å². The van der Waals surface area contributed by atoms with Crippen molar-refractivity contribution in [1.29, 1.82) is 0 Å². The van der Waals surface area contributed by atoms with Crippen LogP contribution in [0.15, 0.2) is 42.5 Å². The molecule has 2 atom stereocenters. The van der Waals surface area contributed by atoms with Crippen LogP contribution in [0.25, 0.3) is 0 Å². The summed E-state index contributed by atoms with van der Waals surface area (Å²) < 4.78 is 34.3. The number of benzene rings is 2. The number of anilines is 2. The van der Waals surface area contributed by atoms with Gasteiger partial charge in [-0.25, -0.2) is 4.57 Å². The molecule has 61 heavy (non-hydrogen) atoms. The van der Waals surface area contributed by atoms with E-state index in [1.807, 2.05) is 45.4 Å². The lowest BCUT2D eigenvalue weighted by molar-refractivity contribution is -0.870. The average molecular weight is 916 g/mol. The van der Waals surface area contributed by atoms with Gasteiger partial charge in [0.1, 0.15) is 19.8 Å². The molecule has 0 aliphatic rings. The van der Waals surface area contributed by atoms with Crippen LogP contribution in [0.1, 0.15) is 141 Å². The minimum Gasteiger partial charge on any atom is -0.462 e. The molecule has 0 saturated carbocycles. The molecule has 0 radical (unpaired) electrons. The lowest BCUT2D eigenvalue weighted by Gasteiger charge is -2.24. The number of carbonyl (C=O) groups excluding carboxylic acids is 3. The second-order valence-corrected chi connectivity index (χ2v) is 19.1. The monoisotopic (exact) mass is 914 g/mol. The number of quaternary nitrogens is 1. The van der Waals surface area contributed by atoms with Crippen molar-refractivity contribution in [2.24, 2.45) is 0 Å². The predicted molar refractivity (Wildman–Crippen MR) is 246 cm³/mol. The van der Waals surface area contributed by atoms with E-state index in [2.05, 4.69) is 17.6 Å². The molecule has 346 valence electrons. The van der Waals surface area contributed by atoms with Gasteiger partial charge in [-0.05, 0) is 49.1 Å². The molecule has 0 aliphatic heterocycles. The Balaban J connectivity index is 1.68. The molecule has 0 bridgehead atoms. The molecule has 2 aromatic rings. The summed E-state index contributed by atoms with van der Waals surface area (Å²) >= 11 is 12.6. The first-order chi connectivity index (χ1) is 29.2. The number of likely N-dealkylation sites (N-methyl/N-ethyl adjacent to an activating group) is 1. The van der Waals surface area contributed by atoms with Gasteiger partial charge in [0.2, 0.25) is 5.91 Å². The Bertz CT molecular complexity index is 1570. The van der Waals surface area contributed by atoms with Gasteiger partial charge < -0.3 is 29.5 Å². The summed E-state index contributed by atoms with van der Waals surface area (Å²) in [4.78, 5) is 48.2. The van der Waals surface area contributed by atoms with E-state index < -0.39 is 32.5 Å². The fourth-order valence-corrected chi connectivity index (χ4v) is 7.71. The van der Waals surface area contributed by atoms with E-state index >= 15 is 0 Å². The van der Waals surface area contributed by atoms with Crippen molar-refractivity contribution in [1.82, 2.24) is 5.32 Å². The maximum Gasteiger partial charge on any atom is 0.472 e. The van der Waals surface area contributed by atoms with Crippen LogP contribution in [0.4, 0.5) is 11.4 Å². The quantitative estimate of drug-likeness (QED) is 0.0261. The van der Waals surface area contributed by atoms with Crippen LogP contribution < -0.4 is 10.6 Å². The first-order valence-electron chi connectivity index (χ1n) is 22.5. The summed E-state index contributed by atoms with van der Waals surface area (Å²) in [5, 5.41) is 7.11. The van der Waals surface area contributed by atoms with Gasteiger partial charge in [0.25, 0.3) is 0 Å². The van der Waals surface area contributed by atoms with Crippen molar-refractivity contribution >= 4 is 60.2 Å². The van der Waals surface area contributed by atoms with Gasteiger partial charge in [0.05, 0.1) is 49.9 Å². The molecule has 0 aliphatic carbocycles. The number of unbranched alkanes of at least 4 members (excludes halogenated alkanes) is 16. The van der Waals surface area contributed by atoms with Crippen LogP contribution in [0.5, 0.6) is 0 Å². The highest BCUT2D eigenvalue weighted by molar-refractivity contribution is 7.47. The van der Waals surface area contributed by atoms with Crippen LogP contribution in [-0.2, 0) is 43.9 Å². The Kier molecular flexibility index (Phi) is 28.6. The average Bonchev–Trinajstić information content (AvgIpc) is 3.19. The maximum atomic E-state index is 12.8. The largest absolute Gasteiger partial charge is 0.472 e. The minimum atomic E-state index is -4.44. The standard InChI is InChI=1S/C46H74Cl2N3O9P/c1-5-6-7-8-9-10-11-12-13-14-15-16-17-18-20-29-44(53)57-36-40(37-59-61(55,56)58-33-32-51(2,3)4)60-45(54)30-21-19-22-31-49-43(52)35-38-25-23-26-39(34-38)50-46-41(47)27-24-28-42(46)48/h23-28,34,40,50H,5-22,29-33,35-37H2,1-4H3,(H-,49,52,55,56)/p+1. The van der Waals surface area contributed by atoms with Crippen molar-refractivity contribution in [2.45, 2.75) is 148 Å². The zero-order valence-electron chi connectivity index (χ0n) is 37.4. The van der Waals surface area contributed by atoms with E-state index in [4.69, 9.17) is 41.7 Å². The van der Waals surface area contributed by atoms with Gasteiger partial charge in [-0.3, -0.25) is 23.4 Å². The highest BCUT2D eigenvalue weighted by Gasteiger charge is 2.27. The number of phosphoric acid groups is 1. The zero-order chi connectivity index (χ0) is 44.8. The fourth-order valence-electron chi connectivity index (χ4n) is 6.47. The summed E-state index contributed by atoms with van der Waals surface area (Å²) in [7, 11) is 1.33. The second-order valence-electron chi connectivity index (χ2n) is 16.9. The molecule has 12 nitrogen and oxygen atoms in total. The molecule has 0 aromatic heterocycles. The smallest absolute Gasteiger partial charge is 0.462 e. The van der Waals surface area contributed by atoms with E-state index in [0.29, 0.717) is 59.0 Å². The van der Waals surface area contributed by atoms with Crippen LogP contribution in [0, 0.1) is 0 Å². The number of hydrogen-bond donors (Lipinski definition) is 3. The Labute approximate surface area is 376 Å². The number of nitrogens with one attached hydrogen (secondary N) is 2. The molecule has 0 heterocycles. The van der Waals surface area contributed by atoms with Gasteiger partial charge >= 0.3 is 19.8 Å². The highest BCUT2D eigenvalue weighted by atomic mass is 35.5. The lowest BCUT2D eigenvalue weighted by atomic mass is 10.0. The normalized spacial score (nSPS) is 13.0. The van der Waals surface area contributed by atoms with E-state index in [1.54, 1.807) is 18.2 Å². The number of carbonyl (C=O) groups is 3. The molecule has 3 N–H and O–H groups in total. The van der Waals surface area contributed by atoms with E-state index in [-0.39, 0.29) is 38.4 Å². The third-order valence-electron chi connectivity index (χ3n) is 10.1. The first-order valence-corrected chi connectivity index (χ1v) is 24.8. The van der Waals surface area contributed by atoms with Crippen LogP contribution in [-0.4, -0.2) is 87.4 Å². The van der Waals surface area contributed by atoms with Gasteiger partial charge in [0, 0.05) is 25.1 Å². The Morgan fingerprint density at radius 3 is 1.85 bits per heavy atom. The van der Waals surface area contributed by atoms with E-state index in [1.165, 1.54) is 70.6 Å². The molecule has 2 rings (SSSR count). The number of para-hydroxylation sites is 1. The number of amides is 1. The van der Waals surface area contributed by atoms with Crippen molar-refractivity contribution in [3.63, 3.8) is 0 Å². The molecule has 0 spiro atoms.